The van der Waals surface area contributed by atoms with Gasteiger partial charge in [-0.2, -0.15) is 0 Å². The van der Waals surface area contributed by atoms with E-state index in [0.29, 0.717) is 31.1 Å². The molecule has 7 heteroatoms. The van der Waals surface area contributed by atoms with Gasteiger partial charge < -0.3 is 10.4 Å². The molecule has 2 amide bonds. The van der Waals surface area contributed by atoms with Crippen LogP contribution in [0.1, 0.15) is 25.0 Å². The number of carboxylic acid groups (broad SMARTS) is 1. The summed E-state index contributed by atoms with van der Waals surface area (Å²) in [4.78, 5) is 28.0. The van der Waals surface area contributed by atoms with Crippen molar-refractivity contribution >= 4 is 28.5 Å². The molecule has 0 unspecified atom stereocenters. The molecule has 1 aromatic heterocycles. The Kier molecular flexibility index (Phi) is 4.14. The number of carbonyl (C=O) groups excluding carboxylic acids is 1. The topological polar surface area (TPSA) is 82.5 Å². The van der Waals surface area contributed by atoms with E-state index in [9.17, 15) is 9.59 Å². The summed E-state index contributed by atoms with van der Waals surface area (Å²) in [6.45, 7) is 1.40. The van der Waals surface area contributed by atoms with Gasteiger partial charge in [0.05, 0.1) is 5.69 Å². The smallest absolute Gasteiger partial charge is 0.323 e. The molecule has 0 aromatic carbocycles. The van der Waals surface area contributed by atoms with Gasteiger partial charge in [-0.05, 0) is 19.3 Å². The number of hydrogen-bond donors (Lipinski definition) is 2. The van der Waals surface area contributed by atoms with Crippen LogP contribution >= 0.6 is 11.3 Å². The number of aromatic nitrogens is 1. The average Bonchev–Trinajstić information content (AvgIpc) is 2.78. The van der Waals surface area contributed by atoms with Crippen LogP contribution in [0, 0.1) is 0 Å². The third-order valence-electron chi connectivity index (χ3n) is 2.67. The minimum atomic E-state index is -0.791. The maximum absolute atomic E-state index is 11.6. The van der Waals surface area contributed by atoms with E-state index >= 15 is 0 Å². The van der Waals surface area contributed by atoms with E-state index in [4.69, 9.17) is 5.11 Å². The molecule has 0 atom stereocenters. The van der Waals surface area contributed by atoms with E-state index in [-0.39, 0.29) is 12.5 Å². The number of rotatable bonds is 5. The van der Waals surface area contributed by atoms with E-state index < -0.39 is 5.97 Å². The first-order valence-corrected chi connectivity index (χ1v) is 6.76. The summed E-state index contributed by atoms with van der Waals surface area (Å²) in [5.41, 5.74) is 0.856. The van der Waals surface area contributed by atoms with Crippen LogP contribution in [0.25, 0.3) is 0 Å². The van der Waals surface area contributed by atoms with Crippen molar-refractivity contribution in [2.75, 3.05) is 18.0 Å². The van der Waals surface area contributed by atoms with E-state index in [1.165, 1.54) is 11.3 Å². The molecule has 1 aliphatic heterocycles. The lowest BCUT2D eigenvalue weighted by Gasteiger charge is -2.24. The van der Waals surface area contributed by atoms with Crippen molar-refractivity contribution in [3.8, 4) is 0 Å². The summed E-state index contributed by atoms with van der Waals surface area (Å²) >= 11 is 1.43. The number of nitrogens with one attached hydrogen (secondary N) is 1. The van der Waals surface area contributed by atoms with Crippen LogP contribution in [0.3, 0.4) is 0 Å². The third-order valence-corrected chi connectivity index (χ3v) is 3.59. The lowest BCUT2D eigenvalue weighted by Crippen LogP contribution is -2.46. The Balaban J connectivity index is 1.92. The van der Waals surface area contributed by atoms with Crippen molar-refractivity contribution in [2.45, 2.75) is 25.7 Å². The number of thiazole rings is 1. The number of hydrogen-bond acceptors (Lipinski definition) is 4. The second-order valence-corrected chi connectivity index (χ2v) is 4.94. The second kappa shape index (κ2) is 5.81. The van der Waals surface area contributed by atoms with Crippen molar-refractivity contribution in [3.05, 3.63) is 11.1 Å². The number of urea groups is 1. The molecule has 2 N–H and O–H groups in total. The van der Waals surface area contributed by atoms with E-state index in [1.807, 2.05) is 5.38 Å². The molecule has 6 nitrogen and oxygen atoms in total. The zero-order valence-electron chi connectivity index (χ0n) is 9.89. The van der Waals surface area contributed by atoms with Gasteiger partial charge in [0.1, 0.15) is 0 Å². The van der Waals surface area contributed by atoms with Gasteiger partial charge in [0.15, 0.2) is 5.13 Å². The molecule has 2 heterocycles. The monoisotopic (exact) mass is 269 g/mol. The van der Waals surface area contributed by atoms with Gasteiger partial charge in [-0.3, -0.25) is 9.69 Å². The SMILES string of the molecule is O=C(O)CCCc1csc(N2CCCNC2=O)n1. The van der Waals surface area contributed by atoms with Gasteiger partial charge in [0, 0.05) is 24.9 Å². The average molecular weight is 269 g/mol. The van der Waals surface area contributed by atoms with Crippen LogP contribution in [0.15, 0.2) is 5.38 Å². The van der Waals surface area contributed by atoms with Gasteiger partial charge in [-0.15, -0.1) is 11.3 Å². The molecule has 1 aliphatic rings. The summed E-state index contributed by atoms with van der Waals surface area (Å²) in [7, 11) is 0. The summed E-state index contributed by atoms with van der Waals surface area (Å²) in [5.74, 6) is -0.791. The summed E-state index contributed by atoms with van der Waals surface area (Å²) in [6, 6.07) is -0.104. The van der Waals surface area contributed by atoms with Crippen LogP contribution in [0.4, 0.5) is 9.93 Å². The molecule has 1 saturated heterocycles. The zero-order chi connectivity index (χ0) is 13.0. The fourth-order valence-corrected chi connectivity index (χ4v) is 2.65. The minimum Gasteiger partial charge on any atom is -0.481 e. The van der Waals surface area contributed by atoms with Crippen LogP contribution in [-0.4, -0.2) is 35.2 Å². The Hall–Kier alpha value is -1.63. The molecule has 2 rings (SSSR count). The number of nitrogens with zero attached hydrogens (tertiary/aromatic N) is 2. The number of aliphatic carboxylic acids is 1. The first kappa shape index (κ1) is 12.8. The van der Waals surface area contributed by atoms with Gasteiger partial charge in [-0.25, -0.2) is 9.78 Å². The highest BCUT2D eigenvalue weighted by molar-refractivity contribution is 7.14. The Labute approximate surface area is 109 Å². The molecule has 0 bridgehead atoms. The van der Waals surface area contributed by atoms with Crippen molar-refractivity contribution in [1.82, 2.24) is 10.3 Å². The maximum atomic E-state index is 11.6. The third kappa shape index (κ3) is 3.19. The second-order valence-electron chi connectivity index (χ2n) is 4.11. The maximum Gasteiger partial charge on any atom is 0.323 e. The zero-order valence-corrected chi connectivity index (χ0v) is 10.7. The molecule has 18 heavy (non-hydrogen) atoms. The van der Waals surface area contributed by atoms with Crippen molar-refractivity contribution in [1.29, 1.82) is 0 Å². The van der Waals surface area contributed by atoms with Crippen LogP contribution < -0.4 is 10.2 Å². The van der Waals surface area contributed by atoms with E-state index in [0.717, 1.165) is 12.1 Å². The predicted octanol–water partition coefficient (Wildman–Crippen LogP) is 1.47. The first-order chi connectivity index (χ1) is 8.66. The Morgan fingerprint density at radius 3 is 3.17 bits per heavy atom. The minimum absolute atomic E-state index is 0.104. The number of carbonyl (C=O) groups is 2. The van der Waals surface area contributed by atoms with Crippen molar-refractivity contribution in [2.24, 2.45) is 0 Å². The highest BCUT2D eigenvalue weighted by Gasteiger charge is 2.21. The fraction of sp³-hybridized carbons (Fsp3) is 0.545. The molecule has 1 fully saturated rings. The number of amides is 2. The lowest BCUT2D eigenvalue weighted by molar-refractivity contribution is -0.137. The van der Waals surface area contributed by atoms with Crippen molar-refractivity contribution < 1.29 is 14.7 Å². The molecule has 0 aliphatic carbocycles. The highest BCUT2D eigenvalue weighted by atomic mass is 32.1. The molecule has 0 spiro atoms. The molecule has 0 saturated carbocycles. The quantitative estimate of drug-likeness (QED) is 0.848. The number of anilines is 1. The summed E-state index contributed by atoms with van der Waals surface area (Å²) in [6.07, 6.45) is 2.28. The highest BCUT2D eigenvalue weighted by Crippen LogP contribution is 2.22. The van der Waals surface area contributed by atoms with E-state index in [1.54, 1.807) is 4.90 Å². The Morgan fingerprint density at radius 2 is 2.44 bits per heavy atom. The molecular formula is C11H15N3O3S. The van der Waals surface area contributed by atoms with Crippen LogP contribution in [0.2, 0.25) is 0 Å². The Morgan fingerprint density at radius 1 is 1.61 bits per heavy atom. The van der Waals surface area contributed by atoms with Gasteiger partial charge in [0.2, 0.25) is 0 Å². The fourth-order valence-electron chi connectivity index (χ4n) is 1.77. The van der Waals surface area contributed by atoms with Crippen LogP contribution in [-0.2, 0) is 11.2 Å². The number of carboxylic acids is 1. The first-order valence-electron chi connectivity index (χ1n) is 5.88. The standard InChI is InChI=1S/C11H15N3O3S/c15-9(16)4-1-3-8-7-18-11(13-8)14-6-2-5-12-10(14)17/h7H,1-6H2,(H,12,17)(H,15,16). The lowest BCUT2D eigenvalue weighted by atomic mass is 10.2. The largest absolute Gasteiger partial charge is 0.481 e. The number of aryl methyl sites for hydroxylation is 1. The molecule has 0 radical (unpaired) electrons. The molecular weight excluding hydrogens is 254 g/mol. The van der Waals surface area contributed by atoms with Gasteiger partial charge in [0.25, 0.3) is 0 Å². The molecule has 98 valence electrons. The predicted molar refractivity (Wildman–Crippen MR) is 68.0 cm³/mol. The summed E-state index contributed by atoms with van der Waals surface area (Å²) in [5, 5.41) is 13.9. The van der Waals surface area contributed by atoms with E-state index in [2.05, 4.69) is 10.3 Å². The van der Waals surface area contributed by atoms with Crippen molar-refractivity contribution in [3.63, 3.8) is 0 Å². The van der Waals surface area contributed by atoms with Gasteiger partial charge in [-0.1, -0.05) is 0 Å². The molecule has 1 aromatic rings. The summed E-state index contributed by atoms with van der Waals surface area (Å²) < 4.78 is 0. The van der Waals surface area contributed by atoms with Crippen LogP contribution in [0.5, 0.6) is 0 Å². The van der Waals surface area contributed by atoms with Gasteiger partial charge >= 0.3 is 12.0 Å². The normalized spacial score (nSPS) is 15.6. The Bertz CT molecular complexity index is 446.